The van der Waals surface area contributed by atoms with Gasteiger partial charge in [-0.3, -0.25) is 4.99 Å². The summed E-state index contributed by atoms with van der Waals surface area (Å²) in [7, 11) is 1.93. The molecule has 1 atom stereocenters. The van der Waals surface area contributed by atoms with Gasteiger partial charge in [0.05, 0.1) is 0 Å². The van der Waals surface area contributed by atoms with Gasteiger partial charge in [0.15, 0.2) is 5.96 Å². The zero-order valence-electron chi connectivity index (χ0n) is 18.1. The van der Waals surface area contributed by atoms with Crippen molar-refractivity contribution in [2.45, 2.75) is 58.8 Å². The van der Waals surface area contributed by atoms with E-state index < -0.39 is 0 Å². The van der Waals surface area contributed by atoms with Crippen LogP contribution in [0.5, 0.6) is 0 Å². The van der Waals surface area contributed by atoms with Gasteiger partial charge in [-0.15, -0.1) is 24.0 Å². The Morgan fingerprint density at radius 3 is 2.44 bits per heavy atom. The Labute approximate surface area is 185 Å². The van der Waals surface area contributed by atoms with Gasteiger partial charge in [0.25, 0.3) is 0 Å². The van der Waals surface area contributed by atoms with Crippen LogP contribution in [0, 0.1) is 5.92 Å². The van der Waals surface area contributed by atoms with Crippen LogP contribution in [0.1, 0.15) is 58.8 Å². The number of nitrogens with zero attached hydrogens (tertiary/aromatic N) is 4. The highest BCUT2D eigenvalue weighted by molar-refractivity contribution is 14.0. The largest absolute Gasteiger partial charge is 0.356 e. The molecule has 0 spiro atoms. The topological polar surface area (TPSA) is 34.1 Å². The van der Waals surface area contributed by atoms with E-state index in [0.717, 1.165) is 44.6 Å². The third kappa shape index (κ3) is 9.31. The zero-order valence-corrected chi connectivity index (χ0v) is 20.4. The number of hydrogen-bond donors (Lipinski definition) is 1. The summed E-state index contributed by atoms with van der Waals surface area (Å²) in [5.74, 6) is 1.90. The van der Waals surface area contributed by atoms with E-state index in [1.165, 1.54) is 71.1 Å². The van der Waals surface area contributed by atoms with Crippen LogP contribution in [-0.4, -0.2) is 86.6 Å². The number of halogens is 1. The Morgan fingerprint density at radius 2 is 1.78 bits per heavy atom. The van der Waals surface area contributed by atoms with Crippen molar-refractivity contribution < 1.29 is 0 Å². The van der Waals surface area contributed by atoms with Crippen LogP contribution in [-0.2, 0) is 0 Å². The maximum Gasteiger partial charge on any atom is 0.193 e. The van der Waals surface area contributed by atoms with Crippen LogP contribution in [0.25, 0.3) is 0 Å². The molecular weight excluding hydrogens is 449 g/mol. The lowest BCUT2D eigenvalue weighted by Crippen LogP contribution is -2.41. The Kier molecular flexibility index (Phi) is 13.7. The fourth-order valence-corrected chi connectivity index (χ4v) is 4.37. The summed E-state index contributed by atoms with van der Waals surface area (Å²) in [6.07, 6.45) is 9.47. The van der Waals surface area contributed by atoms with Crippen molar-refractivity contribution in [3.63, 3.8) is 0 Å². The van der Waals surface area contributed by atoms with Crippen molar-refractivity contribution in [3.8, 4) is 0 Å². The van der Waals surface area contributed by atoms with E-state index in [0.29, 0.717) is 0 Å². The molecule has 0 amide bonds. The number of nitrogens with one attached hydrogen (secondary N) is 1. The summed E-state index contributed by atoms with van der Waals surface area (Å²) in [6, 6.07) is 0. The van der Waals surface area contributed by atoms with Crippen LogP contribution in [0.3, 0.4) is 0 Å². The van der Waals surface area contributed by atoms with Gasteiger partial charge in [-0.2, -0.15) is 0 Å². The van der Waals surface area contributed by atoms with Gasteiger partial charge in [-0.05, 0) is 70.7 Å². The van der Waals surface area contributed by atoms with Crippen molar-refractivity contribution in [2.24, 2.45) is 10.9 Å². The van der Waals surface area contributed by atoms with E-state index in [4.69, 9.17) is 0 Å². The van der Waals surface area contributed by atoms with Gasteiger partial charge >= 0.3 is 0 Å². The standard InChI is InChI=1S/C21H43N5.HI/c1-4-24(5-2)18-20-12-17-26(19-20)21(22-3)23-13-8-6-9-14-25-15-10-7-11-16-25;/h20H,4-19H2,1-3H3,(H,22,23);1H. The molecule has 1 N–H and O–H groups in total. The van der Waals surface area contributed by atoms with Crippen molar-refractivity contribution in [1.29, 1.82) is 0 Å². The van der Waals surface area contributed by atoms with Crippen LogP contribution in [0.4, 0.5) is 0 Å². The molecule has 0 aromatic carbocycles. The quantitative estimate of drug-likeness (QED) is 0.219. The molecule has 6 heteroatoms. The number of likely N-dealkylation sites (tertiary alicyclic amines) is 2. The van der Waals surface area contributed by atoms with Gasteiger partial charge in [0.1, 0.15) is 0 Å². The highest BCUT2D eigenvalue weighted by Crippen LogP contribution is 2.17. The van der Waals surface area contributed by atoms with E-state index in [1.807, 2.05) is 7.05 Å². The average molecular weight is 494 g/mol. The predicted molar refractivity (Wildman–Crippen MR) is 128 cm³/mol. The third-order valence-corrected chi connectivity index (χ3v) is 6.09. The lowest BCUT2D eigenvalue weighted by Gasteiger charge is -2.26. The minimum Gasteiger partial charge on any atom is -0.356 e. The van der Waals surface area contributed by atoms with Crippen LogP contribution < -0.4 is 5.32 Å². The average Bonchev–Trinajstić information content (AvgIpc) is 3.14. The fourth-order valence-electron chi connectivity index (χ4n) is 4.37. The van der Waals surface area contributed by atoms with E-state index in [1.54, 1.807) is 0 Å². The molecule has 160 valence electrons. The van der Waals surface area contributed by atoms with Gasteiger partial charge in [-0.25, -0.2) is 0 Å². The summed E-state index contributed by atoms with van der Waals surface area (Å²) >= 11 is 0. The van der Waals surface area contributed by atoms with Gasteiger partial charge in [-0.1, -0.05) is 26.7 Å². The molecule has 2 fully saturated rings. The lowest BCUT2D eigenvalue weighted by molar-refractivity contribution is 0.224. The number of aliphatic imine (C=N–C) groups is 1. The second kappa shape index (κ2) is 14.9. The Hall–Kier alpha value is -0.0800. The summed E-state index contributed by atoms with van der Waals surface area (Å²) in [5.41, 5.74) is 0. The second-order valence-electron chi connectivity index (χ2n) is 8.02. The van der Waals surface area contributed by atoms with Crippen molar-refractivity contribution in [1.82, 2.24) is 20.0 Å². The summed E-state index contributed by atoms with van der Waals surface area (Å²) in [6.45, 7) is 15.4. The first-order chi connectivity index (χ1) is 12.8. The summed E-state index contributed by atoms with van der Waals surface area (Å²) < 4.78 is 0. The van der Waals surface area contributed by atoms with E-state index >= 15 is 0 Å². The number of piperidine rings is 1. The number of unbranched alkanes of at least 4 members (excludes halogenated alkanes) is 2. The normalized spacial score (nSPS) is 21.6. The van der Waals surface area contributed by atoms with Gasteiger partial charge in [0.2, 0.25) is 0 Å². The minimum atomic E-state index is 0. The Morgan fingerprint density at radius 1 is 1.04 bits per heavy atom. The lowest BCUT2D eigenvalue weighted by atomic mass is 10.1. The van der Waals surface area contributed by atoms with E-state index in [-0.39, 0.29) is 24.0 Å². The number of guanidine groups is 1. The zero-order chi connectivity index (χ0) is 18.6. The molecule has 0 radical (unpaired) electrons. The Bertz CT molecular complexity index is 394. The predicted octanol–water partition coefficient (Wildman–Crippen LogP) is 3.50. The maximum atomic E-state index is 4.52. The highest BCUT2D eigenvalue weighted by Gasteiger charge is 2.25. The molecule has 1 unspecified atom stereocenters. The summed E-state index contributed by atoms with van der Waals surface area (Å²) in [4.78, 5) is 12.2. The third-order valence-electron chi connectivity index (χ3n) is 6.09. The molecule has 2 aliphatic rings. The SMILES string of the molecule is CCN(CC)CC1CCN(C(=NC)NCCCCCN2CCCCC2)C1.I. The first-order valence-electron chi connectivity index (χ1n) is 11.2. The van der Waals surface area contributed by atoms with E-state index in [2.05, 4.69) is 38.9 Å². The van der Waals surface area contributed by atoms with Crippen LogP contribution >= 0.6 is 24.0 Å². The van der Waals surface area contributed by atoms with Gasteiger partial charge in [0, 0.05) is 33.2 Å². The van der Waals surface area contributed by atoms with Crippen LogP contribution in [0.15, 0.2) is 4.99 Å². The molecule has 5 nitrogen and oxygen atoms in total. The van der Waals surface area contributed by atoms with E-state index in [9.17, 15) is 0 Å². The molecule has 0 aromatic rings. The minimum absolute atomic E-state index is 0. The molecule has 2 heterocycles. The fraction of sp³-hybridized carbons (Fsp3) is 0.952. The Balaban J connectivity index is 0.00000364. The molecule has 0 saturated carbocycles. The summed E-state index contributed by atoms with van der Waals surface area (Å²) in [5, 5.41) is 3.60. The van der Waals surface area contributed by atoms with Crippen molar-refractivity contribution >= 4 is 29.9 Å². The smallest absolute Gasteiger partial charge is 0.193 e. The molecule has 0 bridgehead atoms. The monoisotopic (exact) mass is 493 g/mol. The van der Waals surface area contributed by atoms with Crippen molar-refractivity contribution in [3.05, 3.63) is 0 Å². The first-order valence-corrected chi connectivity index (χ1v) is 11.2. The molecule has 0 aliphatic carbocycles. The molecular formula is C21H44IN5. The first kappa shape index (κ1) is 25.0. The molecule has 27 heavy (non-hydrogen) atoms. The van der Waals surface area contributed by atoms with Crippen molar-refractivity contribution in [2.75, 3.05) is 66.0 Å². The molecule has 2 rings (SSSR count). The number of rotatable bonds is 10. The molecule has 2 saturated heterocycles. The number of hydrogen-bond acceptors (Lipinski definition) is 3. The molecule has 0 aromatic heterocycles. The molecule has 2 aliphatic heterocycles. The van der Waals surface area contributed by atoms with Crippen LogP contribution in [0.2, 0.25) is 0 Å². The highest BCUT2D eigenvalue weighted by atomic mass is 127. The maximum absolute atomic E-state index is 4.52. The van der Waals surface area contributed by atoms with Gasteiger partial charge < -0.3 is 20.0 Å². The second-order valence-corrected chi connectivity index (χ2v) is 8.02.